The summed E-state index contributed by atoms with van der Waals surface area (Å²) >= 11 is 0. The molecule has 2 unspecified atom stereocenters. The molecule has 14 heteroatoms. The number of alkyl carbamates (subject to hydrolysis) is 1. The van der Waals surface area contributed by atoms with Crippen molar-refractivity contribution in [3.63, 3.8) is 0 Å². The Hall–Kier alpha value is -4.46. The number of aliphatic hydroxyl groups excluding tert-OH is 1. The predicted octanol–water partition coefficient (Wildman–Crippen LogP) is 4.16. The minimum Gasteiger partial charge on any atom is -0.468 e. The lowest BCUT2D eigenvalue weighted by Crippen LogP contribution is -2.58. The van der Waals surface area contributed by atoms with Gasteiger partial charge in [0, 0.05) is 37.1 Å². The van der Waals surface area contributed by atoms with E-state index in [4.69, 9.17) is 14.2 Å². The number of carbonyl (C=O) groups excluding carboxylic acids is 5. The molecule has 0 radical (unpaired) electrons. The second-order valence-corrected chi connectivity index (χ2v) is 16.1. The lowest BCUT2D eigenvalue weighted by atomic mass is 9.79. The fraction of sp³-hybridized carbons (Fsp3) is 0.650. The quantitative estimate of drug-likeness (QED) is 0.0889. The van der Waals surface area contributed by atoms with Gasteiger partial charge in [-0.1, -0.05) is 76.3 Å². The number of nitrogens with zero attached hydrogens (tertiary/aromatic N) is 1. The maximum atomic E-state index is 14.3. The van der Waals surface area contributed by atoms with E-state index in [1.54, 1.807) is 27.0 Å². The van der Waals surface area contributed by atoms with Crippen LogP contribution in [0, 0.1) is 23.7 Å². The number of cyclic esters (lactones) is 1. The van der Waals surface area contributed by atoms with Crippen molar-refractivity contribution in [1.82, 2.24) is 25.9 Å². The third kappa shape index (κ3) is 12.8. The summed E-state index contributed by atoms with van der Waals surface area (Å²) in [5.41, 5.74) is 0.596. The van der Waals surface area contributed by atoms with Crippen LogP contribution in [0.2, 0.25) is 0 Å². The summed E-state index contributed by atoms with van der Waals surface area (Å²) in [7, 11) is 1.23. The first-order chi connectivity index (χ1) is 25.6. The van der Waals surface area contributed by atoms with E-state index in [0.717, 1.165) is 37.7 Å². The van der Waals surface area contributed by atoms with Gasteiger partial charge in [-0.05, 0) is 51.0 Å². The Morgan fingerprint density at radius 3 is 2.26 bits per heavy atom. The first kappa shape index (κ1) is 42.3. The van der Waals surface area contributed by atoms with E-state index >= 15 is 0 Å². The van der Waals surface area contributed by atoms with Crippen molar-refractivity contribution in [1.29, 1.82) is 0 Å². The number of imidazole rings is 1. The topological polar surface area (TPSA) is 198 Å². The Kier molecular flexibility index (Phi) is 15.5. The zero-order valence-corrected chi connectivity index (χ0v) is 32.5. The Balaban J connectivity index is 1.56. The van der Waals surface area contributed by atoms with Crippen molar-refractivity contribution >= 4 is 29.8 Å². The van der Waals surface area contributed by atoms with Crippen molar-refractivity contribution in [2.75, 3.05) is 7.11 Å². The van der Waals surface area contributed by atoms with Crippen LogP contribution in [-0.4, -0.2) is 88.0 Å². The second kappa shape index (κ2) is 19.7. The van der Waals surface area contributed by atoms with Gasteiger partial charge >= 0.3 is 18.0 Å². The average molecular weight is 754 g/mol. The molecule has 2 heterocycles. The van der Waals surface area contributed by atoms with Crippen LogP contribution in [0.5, 0.6) is 0 Å². The van der Waals surface area contributed by atoms with Crippen molar-refractivity contribution in [2.24, 2.45) is 23.7 Å². The van der Waals surface area contributed by atoms with Crippen molar-refractivity contribution in [3.8, 4) is 0 Å². The van der Waals surface area contributed by atoms with E-state index in [-0.39, 0.29) is 43.4 Å². The molecule has 1 aromatic heterocycles. The fourth-order valence-electron chi connectivity index (χ4n) is 7.49. The summed E-state index contributed by atoms with van der Waals surface area (Å²) in [5.74, 6) is -3.44. The Labute approximate surface area is 318 Å². The lowest BCUT2D eigenvalue weighted by molar-refractivity contribution is -0.155. The second-order valence-electron chi connectivity index (χ2n) is 16.1. The van der Waals surface area contributed by atoms with Gasteiger partial charge in [-0.25, -0.2) is 9.78 Å². The summed E-state index contributed by atoms with van der Waals surface area (Å²) in [4.78, 5) is 73.1. The molecule has 2 aliphatic rings. The highest BCUT2D eigenvalue weighted by Crippen LogP contribution is 2.35. The van der Waals surface area contributed by atoms with Crippen LogP contribution in [0.3, 0.4) is 0 Å². The molecule has 7 atom stereocenters. The van der Waals surface area contributed by atoms with E-state index < -0.39 is 71.7 Å². The lowest BCUT2D eigenvalue weighted by Gasteiger charge is -2.35. The summed E-state index contributed by atoms with van der Waals surface area (Å²) in [6, 6.07) is 6.35. The molecule has 1 aliphatic carbocycles. The largest absolute Gasteiger partial charge is 0.468 e. The van der Waals surface area contributed by atoms with Crippen molar-refractivity contribution in [3.05, 3.63) is 54.1 Å². The van der Waals surface area contributed by atoms with Gasteiger partial charge in [0.05, 0.1) is 25.6 Å². The van der Waals surface area contributed by atoms with Crippen LogP contribution in [0.4, 0.5) is 4.79 Å². The highest BCUT2D eigenvalue weighted by molar-refractivity contribution is 5.96. The summed E-state index contributed by atoms with van der Waals surface area (Å²) in [5, 5.41) is 20.6. The van der Waals surface area contributed by atoms with E-state index in [9.17, 15) is 29.1 Å². The molecular weight excluding hydrogens is 694 g/mol. The number of aliphatic hydroxyl groups is 1. The smallest absolute Gasteiger partial charge is 0.408 e. The fourth-order valence-corrected chi connectivity index (χ4v) is 7.49. The minimum absolute atomic E-state index is 0.0219. The summed E-state index contributed by atoms with van der Waals surface area (Å²) in [6.07, 6.45) is 6.96. The van der Waals surface area contributed by atoms with Gasteiger partial charge in [0.15, 0.2) is 5.92 Å². The van der Waals surface area contributed by atoms with Crippen LogP contribution >= 0.6 is 0 Å². The number of hydrogen-bond acceptors (Lipinski definition) is 10. The van der Waals surface area contributed by atoms with Crippen molar-refractivity contribution in [2.45, 2.75) is 135 Å². The van der Waals surface area contributed by atoms with Gasteiger partial charge in [0.1, 0.15) is 23.8 Å². The first-order valence-electron chi connectivity index (χ1n) is 19.2. The maximum Gasteiger partial charge on any atom is 0.408 e. The molecule has 3 amide bonds. The van der Waals surface area contributed by atoms with Crippen LogP contribution in [0.1, 0.15) is 97.2 Å². The highest BCUT2D eigenvalue weighted by atomic mass is 16.6. The van der Waals surface area contributed by atoms with Crippen LogP contribution in [0.15, 0.2) is 42.9 Å². The number of aromatic nitrogens is 2. The number of esters is 2. The Morgan fingerprint density at radius 2 is 1.65 bits per heavy atom. The predicted molar refractivity (Wildman–Crippen MR) is 200 cm³/mol. The molecular formula is C40H59N5O9. The molecule has 2 fully saturated rings. The van der Waals surface area contributed by atoms with Gasteiger partial charge in [-0.3, -0.25) is 19.2 Å². The van der Waals surface area contributed by atoms with Crippen LogP contribution in [0.25, 0.3) is 0 Å². The van der Waals surface area contributed by atoms with E-state index in [0.29, 0.717) is 12.1 Å². The number of rotatable bonds is 17. The average Bonchev–Trinajstić information content (AvgIpc) is 3.78. The molecule has 298 valence electrons. The zero-order chi connectivity index (χ0) is 39.4. The highest BCUT2D eigenvalue weighted by Gasteiger charge is 2.45. The maximum absolute atomic E-state index is 14.3. The van der Waals surface area contributed by atoms with E-state index in [1.807, 2.05) is 44.2 Å². The molecule has 0 bridgehead atoms. The molecule has 1 saturated heterocycles. The van der Waals surface area contributed by atoms with Gasteiger partial charge in [-0.2, -0.15) is 0 Å². The first-order valence-corrected chi connectivity index (χ1v) is 19.2. The number of benzene rings is 1. The van der Waals surface area contributed by atoms with Gasteiger partial charge < -0.3 is 40.3 Å². The molecule has 4 rings (SSSR count). The molecule has 1 saturated carbocycles. The molecule has 1 aromatic carbocycles. The monoisotopic (exact) mass is 753 g/mol. The summed E-state index contributed by atoms with van der Waals surface area (Å²) < 4.78 is 15.9. The van der Waals surface area contributed by atoms with E-state index in [2.05, 4.69) is 25.9 Å². The van der Waals surface area contributed by atoms with Gasteiger partial charge in [0.25, 0.3) is 0 Å². The molecule has 0 spiro atoms. The van der Waals surface area contributed by atoms with Gasteiger partial charge in [-0.15, -0.1) is 0 Å². The number of carbonyl (C=O) groups is 5. The number of methoxy groups -OCH3 is 1. The standard InChI is InChI=1S/C40H59N5O9/c1-24(2)28(34-21-29(37(49)52-6)38(50)53-34)20-33(46)30(17-25-13-9-7-10-14-25)43-36(48)32(19-27-22-41-23-42-27)44-35(47)31(18-26-15-11-8-12-16-26)45-39(51)54-40(3,4)5/h8,11-12,15-16,22-25,28-34,46H,7,9-10,13-14,17-21H2,1-6H3,(H,41,42)(H,43,48)(H,44,47)(H,45,51)/t28-,29?,30-,31?,32-,33-,34-/m0/s1. The van der Waals surface area contributed by atoms with Crippen LogP contribution in [-0.2, 0) is 46.2 Å². The SMILES string of the molecule is COC(=O)C1C[C@@H]([C@@H](C[C@H](O)[C@H](CC2CCCCC2)NC(=O)[C@H](Cc2cnc[nH]2)NC(=O)C(Cc2ccccc2)NC(=O)OC(C)(C)C)C(C)C)OC1=O. The summed E-state index contributed by atoms with van der Waals surface area (Å²) in [6.45, 7) is 9.12. The van der Waals surface area contributed by atoms with E-state index in [1.165, 1.54) is 13.4 Å². The number of hydrogen-bond donors (Lipinski definition) is 5. The molecule has 5 N–H and O–H groups in total. The Bertz CT molecular complexity index is 1520. The third-order valence-corrected chi connectivity index (χ3v) is 10.4. The van der Waals surface area contributed by atoms with Gasteiger partial charge in [0.2, 0.25) is 11.8 Å². The number of aromatic amines is 1. The third-order valence-electron chi connectivity index (χ3n) is 10.4. The number of ether oxygens (including phenoxy) is 3. The van der Waals surface area contributed by atoms with Crippen molar-refractivity contribution < 1.29 is 43.3 Å². The number of nitrogens with one attached hydrogen (secondary N) is 4. The van der Waals surface area contributed by atoms with Crippen LogP contribution < -0.4 is 16.0 Å². The number of H-pyrrole nitrogens is 1. The zero-order valence-electron chi connectivity index (χ0n) is 32.5. The molecule has 2 aromatic rings. The Morgan fingerprint density at radius 1 is 0.981 bits per heavy atom. The molecule has 1 aliphatic heterocycles. The number of amides is 3. The molecule has 54 heavy (non-hydrogen) atoms. The minimum atomic E-state index is -1.10. The normalized spacial score (nSPS) is 20.6. The molecule has 14 nitrogen and oxygen atoms in total.